The van der Waals surface area contributed by atoms with E-state index >= 15 is 0 Å². The Morgan fingerprint density at radius 2 is 1.58 bits per heavy atom. The second-order valence-corrected chi connectivity index (χ2v) is 6.88. The number of piperazine rings is 1. The van der Waals surface area contributed by atoms with Crippen LogP contribution in [0.5, 0.6) is 0 Å². The molecule has 1 saturated carbocycles. The molecule has 0 unspecified atom stereocenters. The zero-order valence-corrected chi connectivity index (χ0v) is 14.5. The summed E-state index contributed by atoms with van der Waals surface area (Å²) in [5, 5.41) is 2.78. The zero-order valence-electron chi connectivity index (χ0n) is 14.5. The van der Waals surface area contributed by atoms with Gasteiger partial charge >= 0.3 is 0 Å². The SMILES string of the molecule is CC(=O)Nc1ccc(N2CCN(C(=O)C3CCCCC3)CC2)cc1. The number of amides is 2. The van der Waals surface area contributed by atoms with Crippen LogP contribution in [0.15, 0.2) is 24.3 Å². The van der Waals surface area contributed by atoms with E-state index in [-0.39, 0.29) is 11.8 Å². The number of carbonyl (C=O) groups is 2. The minimum Gasteiger partial charge on any atom is -0.368 e. The molecule has 0 atom stereocenters. The van der Waals surface area contributed by atoms with Crippen LogP contribution in [-0.4, -0.2) is 42.9 Å². The van der Waals surface area contributed by atoms with Crippen LogP contribution in [0.2, 0.25) is 0 Å². The predicted octanol–water partition coefficient (Wildman–Crippen LogP) is 2.87. The highest BCUT2D eigenvalue weighted by molar-refractivity contribution is 5.88. The summed E-state index contributed by atoms with van der Waals surface area (Å²) in [6, 6.07) is 7.92. The fourth-order valence-corrected chi connectivity index (χ4v) is 3.75. The number of anilines is 2. The molecule has 130 valence electrons. The van der Waals surface area contributed by atoms with Gasteiger partial charge in [0.2, 0.25) is 11.8 Å². The third-order valence-corrected chi connectivity index (χ3v) is 5.10. The third kappa shape index (κ3) is 4.08. The van der Waals surface area contributed by atoms with Gasteiger partial charge in [-0.1, -0.05) is 19.3 Å². The van der Waals surface area contributed by atoms with Gasteiger partial charge in [-0.3, -0.25) is 9.59 Å². The Kier molecular flexibility index (Phi) is 5.38. The highest BCUT2D eigenvalue weighted by Gasteiger charge is 2.28. The van der Waals surface area contributed by atoms with E-state index in [1.54, 1.807) is 0 Å². The van der Waals surface area contributed by atoms with Crippen molar-refractivity contribution in [2.45, 2.75) is 39.0 Å². The third-order valence-electron chi connectivity index (χ3n) is 5.10. The van der Waals surface area contributed by atoms with E-state index in [2.05, 4.69) is 15.1 Å². The number of benzene rings is 1. The molecule has 2 fully saturated rings. The number of nitrogens with one attached hydrogen (secondary N) is 1. The maximum absolute atomic E-state index is 12.6. The van der Waals surface area contributed by atoms with Gasteiger partial charge in [0.15, 0.2) is 0 Å². The number of carbonyl (C=O) groups excluding carboxylic acids is 2. The van der Waals surface area contributed by atoms with Crippen LogP contribution in [0.4, 0.5) is 11.4 Å². The molecule has 1 aliphatic carbocycles. The maximum Gasteiger partial charge on any atom is 0.225 e. The predicted molar refractivity (Wildman–Crippen MR) is 96.1 cm³/mol. The van der Waals surface area contributed by atoms with Crippen LogP contribution in [-0.2, 0) is 9.59 Å². The van der Waals surface area contributed by atoms with Gasteiger partial charge in [-0.25, -0.2) is 0 Å². The van der Waals surface area contributed by atoms with E-state index in [4.69, 9.17) is 0 Å². The normalized spacial score (nSPS) is 19.2. The molecule has 1 aliphatic heterocycles. The highest BCUT2D eigenvalue weighted by atomic mass is 16.2. The van der Waals surface area contributed by atoms with E-state index in [0.29, 0.717) is 5.91 Å². The summed E-state index contributed by atoms with van der Waals surface area (Å²) < 4.78 is 0. The second kappa shape index (κ2) is 7.69. The average molecular weight is 329 g/mol. The molecule has 3 rings (SSSR count). The van der Waals surface area contributed by atoms with Gasteiger partial charge in [0.1, 0.15) is 0 Å². The molecule has 2 amide bonds. The lowest BCUT2D eigenvalue weighted by atomic mass is 9.88. The van der Waals surface area contributed by atoms with Crippen molar-refractivity contribution in [2.75, 3.05) is 36.4 Å². The molecule has 0 aromatic heterocycles. The van der Waals surface area contributed by atoms with Crippen molar-refractivity contribution < 1.29 is 9.59 Å². The fraction of sp³-hybridized carbons (Fsp3) is 0.579. The van der Waals surface area contributed by atoms with Crippen molar-refractivity contribution in [3.8, 4) is 0 Å². The molecular weight excluding hydrogens is 302 g/mol. The van der Waals surface area contributed by atoms with Gasteiger partial charge in [0.05, 0.1) is 0 Å². The van der Waals surface area contributed by atoms with Crippen molar-refractivity contribution in [3.05, 3.63) is 24.3 Å². The summed E-state index contributed by atoms with van der Waals surface area (Å²) in [7, 11) is 0. The molecule has 0 spiro atoms. The first-order chi connectivity index (χ1) is 11.6. The molecular formula is C19H27N3O2. The average Bonchev–Trinajstić information content (AvgIpc) is 2.62. The molecule has 2 aliphatic rings. The number of nitrogens with zero attached hydrogens (tertiary/aromatic N) is 2. The van der Waals surface area contributed by atoms with Crippen LogP contribution in [0.3, 0.4) is 0 Å². The van der Waals surface area contributed by atoms with Gasteiger partial charge < -0.3 is 15.1 Å². The van der Waals surface area contributed by atoms with Crippen LogP contribution in [0.25, 0.3) is 0 Å². The molecule has 24 heavy (non-hydrogen) atoms. The van der Waals surface area contributed by atoms with E-state index in [9.17, 15) is 9.59 Å². The second-order valence-electron chi connectivity index (χ2n) is 6.88. The molecule has 1 heterocycles. The van der Waals surface area contributed by atoms with Crippen molar-refractivity contribution >= 4 is 23.2 Å². The molecule has 1 aromatic rings. The molecule has 1 saturated heterocycles. The lowest BCUT2D eigenvalue weighted by molar-refractivity contribution is -0.136. The van der Waals surface area contributed by atoms with Gasteiger partial charge in [0, 0.05) is 50.4 Å². The summed E-state index contributed by atoms with van der Waals surface area (Å²) in [4.78, 5) is 28.0. The smallest absolute Gasteiger partial charge is 0.225 e. The number of rotatable bonds is 3. The number of hydrogen-bond acceptors (Lipinski definition) is 3. The van der Waals surface area contributed by atoms with Gasteiger partial charge in [-0.2, -0.15) is 0 Å². The van der Waals surface area contributed by atoms with Gasteiger partial charge in [0.25, 0.3) is 0 Å². The van der Waals surface area contributed by atoms with E-state index in [0.717, 1.165) is 50.4 Å². The van der Waals surface area contributed by atoms with Crippen LogP contribution < -0.4 is 10.2 Å². The minimum atomic E-state index is -0.0578. The Hall–Kier alpha value is -2.04. The van der Waals surface area contributed by atoms with Crippen molar-refractivity contribution in [2.24, 2.45) is 5.92 Å². The van der Waals surface area contributed by atoms with Crippen LogP contribution >= 0.6 is 0 Å². The largest absolute Gasteiger partial charge is 0.368 e. The van der Waals surface area contributed by atoms with Crippen molar-refractivity contribution in [1.82, 2.24) is 4.90 Å². The van der Waals surface area contributed by atoms with Crippen molar-refractivity contribution in [3.63, 3.8) is 0 Å². The summed E-state index contributed by atoms with van der Waals surface area (Å²) >= 11 is 0. The standard InChI is InChI=1S/C19H27N3O2/c1-15(23)20-17-7-9-18(10-8-17)21-11-13-22(14-12-21)19(24)16-5-3-2-4-6-16/h7-10,16H,2-6,11-14H2,1H3,(H,20,23). The molecule has 0 bridgehead atoms. The minimum absolute atomic E-state index is 0.0578. The molecule has 1 aromatic carbocycles. The van der Waals surface area contributed by atoms with Gasteiger partial charge in [-0.15, -0.1) is 0 Å². The molecule has 5 nitrogen and oxygen atoms in total. The quantitative estimate of drug-likeness (QED) is 0.928. The Bertz CT molecular complexity index is 571. The monoisotopic (exact) mass is 329 g/mol. The first kappa shape index (κ1) is 16.8. The first-order valence-electron chi connectivity index (χ1n) is 9.05. The van der Waals surface area contributed by atoms with Crippen LogP contribution in [0.1, 0.15) is 39.0 Å². The van der Waals surface area contributed by atoms with E-state index < -0.39 is 0 Å². The summed E-state index contributed by atoms with van der Waals surface area (Å²) in [6.07, 6.45) is 5.84. The van der Waals surface area contributed by atoms with E-state index in [1.165, 1.54) is 26.2 Å². The Balaban J connectivity index is 1.52. The Morgan fingerprint density at radius 1 is 0.958 bits per heavy atom. The summed E-state index contributed by atoms with van der Waals surface area (Å²) in [5.74, 6) is 0.579. The highest BCUT2D eigenvalue weighted by Crippen LogP contribution is 2.26. The Labute approximate surface area is 144 Å². The topological polar surface area (TPSA) is 52.7 Å². The molecule has 5 heteroatoms. The lowest BCUT2D eigenvalue weighted by Crippen LogP contribution is -2.50. The van der Waals surface area contributed by atoms with Gasteiger partial charge in [-0.05, 0) is 37.1 Å². The molecule has 1 N–H and O–H groups in total. The zero-order chi connectivity index (χ0) is 16.9. The van der Waals surface area contributed by atoms with Crippen LogP contribution in [0, 0.1) is 5.92 Å². The fourth-order valence-electron chi connectivity index (χ4n) is 3.75. The number of hydrogen-bond donors (Lipinski definition) is 1. The van der Waals surface area contributed by atoms with E-state index in [1.807, 2.05) is 24.3 Å². The van der Waals surface area contributed by atoms with Crippen molar-refractivity contribution in [1.29, 1.82) is 0 Å². The summed E-state index contributed by atoms with van der Waals surface area (Å²) in [5.41, 5.74) is 1.96. The maximum atomic E-state index is 12.6. The summed E-state index contributed by atoms with van der Waals surface area (Å²) in [6.45, 7) is 4.87. The molecule has 0 radical (unpaired) electrons. The Morgan fingerprint density at radius 3 is 2.17 bits per heavy atom. The lowest BCUT2D eigenvalue weighted by Gasteiger charge is -2.38. The first-order valence-corrected chi connectivity index (χ1v) is 9.05.